The Labute approximate surface area is 270 Å². The van der Waals surface area contributed by atoms with E-state index in [1.807, 2.05) is 0 Å². The van der Waals surface area contributed by atoms with E-state index in [-0.39, 0.29) is 99.8 Å². The van der Waals surface area contributed by atoms with Gasteiger partial charge >= 0.3 is 0 Å². The van der Waals surface area contributed by atoms with E-state index in [4.69, 9.17) is 25.0 Å². The standard InChI is InChI=1S/C42H26O/c1-2-12-28(13-3-1)41-34-17-6-7-18-35(34)42(30-22-24-40-37(26-30)33-16-8-9-20-39(33)43-40)38-25-29(21-23-36(38)41)32-19-10-14-27-11-4-5-15-31(27)32/h1-26H/i1D,2D,3D,4D,5D,6D,7D,8D,9D,10D,11D,14D,16D,20D,24D. The molecule has 1 aromatic heterocycles. The number of hydrogen-bond donors (Lipinski definition) is 0. The van der Waals surface area contributed by atoms with Crippen LogP contribution in [0.25, 0.3) is 87.6 Å². The molecule has 200 valence electrons. The van der Waals surface area contributed by atoms with Crippen LogP contribution in [0.2, 0.25) is 0 Å². The molecule has 8 aromatic carbocycles. The van der Waals surface area contributed by atoms with Crippen molar-refractivity contribution in [1.82, 2.24) is 0 Å². The minimum atomic E-state index is -0.487. The fraction of sp³-hybridized carbons (Fsp3) is 0. The van der Waals surface area contributed by atoms with Crippen molar-refractivity contribution in [3.05, 3.63) is 157 Å². The zero-order valence-corrected chi connectivity index (χ0v) is 22.3. The molecule has 0 unspecified atom stereocenters. The van der Waals surface area contributed by atoms with Crippen molar-refractivity contribution in [3.63, 3.8) is 0 Å². The molecule has 1 heteroatoms. The molecule has 0 aliphatic rings. The quantitative estimate of drug-likeness (QED) is 0.196. The normalized spacial score (nSPS) is 16.6. The van der Waals surface area contributed by atoms with Crippen molar-refractivity contribution in [1.29, 1.82) is 0 Å². The fourth-order valence-corrected chi connectivity index (χ4v) is 6.02. The maximum absolute atomic E-state index is 9.11. The minimum Gasteiger partial charge on any atom is -0.456 e. The van der Waals surface area contributed by atoms with E-state index in [2.05, 4.69) is 0 Å². The molecule has 0 spiro atoms. The molecule has 0 aliphatic carbocycles. The molecule has 9 aromatic rings. The van der Waals surface area contributed by atoms with Gasteiger partial charge in [0.1, 0.15) is 11.2 Å². The van der Waals surface area contributed by atoms with Crippen LogP contribution in [0.5, 0.6) is 0 Å². The number of furan rings is 1. The maximum Gasteiger partial charge on any atom is 0.135 e. The van der Waals surface area contributed by atoms with Gasteiger partial charge in [-0.05, 0) is 89.9 Å². The Morgan fingerprint density at radius 2 is 1.02 bits per heavy atom. The molecule has 0 aliphatic heterocycles. The Morgan fingerprint density at radius 3 is 1.91 bits per heavy atom. The molecule has 9 rings (SSSR count). The number of fused-ring (bicyclic) bond motifs is 6. The lowest BCUT2D eigenvalue weighted by Crippen LogP contribution is -1.92. The smallest absolute Gasteiger partial charge is 0.135 e. The molecule has 0 fully saturated rings. The van der Waals surface area contributed by atoms with E-state index in [0.717, 1.165) is 0 Å². The summed E-state index contributed by atoms with van der Waals surface area (Å²) in [7, 11) is 0. The number of para-hydroxylation sites is 1. The van der Waals surface area contributed by atoms with Gasteiger partial charge in [0.2, 0.25) is 0 Å². The summed E-state index contributed by atoms with van der Waals surface area (Å²) in [4.78, 5) is 0. The molecule has 0 bridgehead atoms. The third-order valence-electron chi connectivity index (χ3n) is 7.87. The highest BCUT2D eigenvalue weighted by molar-refractivity contribution is 6.23. The molecule has 0 amide bonds. The van der Waals surface area contributed by atoms with E-state index in [1.165, 1.54) is 42.5 Å². The van der Waals surface area contributed by atoms with Gasteiger partial charge in [-0.3, -0.25) is 0 Å². The Morgan fingerprint density at radius 1 is 0.372 bits per heavy atom. The highest BCUT2D eigenvalue weighted by Gasteiger charge is 2.19. The van der Waals surface area contributed by atoms with Crippen LogP contribution < -0.4 is 0 Å². The third kappa shape index (κ3) is 3.72. The zero-order valence-electron chi connectivity index (χ0n) is 37.3. The molecule has 0 atom stereocenters. The van der Waals surface area contributed by atoms with Crippen molar-refractivity contribution in [2.45, 2.75) is 0 Å². The maximum atomic E-state index is 9.11. The minimum absolute atomic E-state index is 0.0313. The van der Waals surface area contributed by atoms with Crippen molar-refractivity contribution in [2.75, 3.05) is 0 Å². The van der Waals surface area contributed by atoms with Gasteiger partial charge in [-0.2, -0.15) is 0 Å². The Kier molecular flexibility index (Phi) is 2.97. The molecule has 0 radical (unpaired) electrons. The van der Waals surface area contributed by atoms with Gasteiger partial charge in [0.25, 0.3) is 0 Å². The highest BCUT2D eigenvalue weighted by Crippen LogP contribution is 2.46. The lowest BCUT2D eigenvalue weighted by atomic mass is 9.84. The van der Waals surface area contributed by atoms with Gasteiger partial charge < -0.3 is 4.42 Å². The van der Waals surface area contributed by atoms with Gasteiger partial charge in [-0.25, -0.2) is 0 Å². The molecule has 1 nitrogen and oxygen atoms in total. The second kappa shape index (κ2) is 9.44. The Bertz CT molecular complexity index is 3330. The van der Waals surface area contributed by atoms with Crippen LogP contribution in [-0.4, -0.2) is 0 Å². The topological polar surface area (TPSA) is 13.1 Å². The van der Waals surface area contributed by atoms with Crippen LogP contribution in [0.4, 0.5) is 0 Å². The van der Waals surface area contributed by atoms with Gasteiger partial charge in [0.15, 0.2) is 0 Å². The summed E-state index contributed by atoms with van der Waals surface area (Å²) in [5.41, 5.74) is 2.51. The van der Waals surface area contributed by atoms with Crippen molar-refractivity contribution >= 4 is 54.3 Å². The average Bonchev–Trinajstić information content (AvgIpc) is 3.58. The first-order valence-electron chi connectivity index (χ1n) is 21.0. The molecule has 1 heterocycles. The fourth-order valence-electron chi connectivity index (χ4n) is 6.02. The Balaban J connectivity index is 1.49. The van der Waals surface area contributed by atoms with Gasteiger partial charge in [0.05, 0.1) is 20.6 Å². The van der Waals surface area contributed by atoms with Crippen LogP contribution >= 0.6 is 0 Å². The summed E-state index contributed by atoms with van der Waals surface area (Å²) in [6.45, 7) is 0. The van der Waals surface area contributed by atoms with Crippen LogP contribution in [0.1, 0.15) is 20.6 Å². The molecule has 0 saturated heterocycles. The van der Waals surface area contributed by atoms with Gasteiger partial charge in [0, 0.05) is 10.8 Å². The third-order valence-corrected chi connectivity index (χ3v) is 7.87. The van der Waals surface area contributed by atoms with Crippen molar-refractivity contribution in [2.24, 2.45) is 0 Å². The highest BCUT2D eigenvalue weighted by atomic mass is 16.3. The summed E-state index contributed by atoms with van der Waals surface area (Å²) < 4.78 is 134. The average molecular weight is 562 g/mol. The monoisotopic (exact) mass is 561 g/mol. The van der Waals surface area contributed by atoms with E-state index in [0.29, 0.717) is 60.3 Å². The van der Waals surface area contributed by atoms with Crippen molar-refractivity contribution in [3.8, 4) is 33.4 Å². The zero-order chi connectivity index (χ0) is 41.4. The first-order chi connectivity index (χ1) is 27.5. The molecular weight excluding hydrogens is 520 g/mol. The van der Waals surface area contributed by atoms with Gasteiger partial charge in [-0.1, -0.05) is 133 Å². The Hall–Kier alpha value is -5.66. The lowest BCUT2D eigenvalue weighted by Gasteiger charge is -2.19. The van der Waals surface area contributed by atoms with E-state index < -0.39 is 18.1 Å². The van der Waals surface area contributed by atoms with Crippen molar-refractivity contribution < 1.29 is 25.0 Å². The number of hydrogen-bond acceptors (Lipinski definition) is 1. The number of benzene rings is 8. The molecular formula is C42H26O. The number of rotatable bonds is 3. The second-order valence-corrected chi connectivity index (χ2v) is 10.2. The first kappa shape index (κ1) is 13.5. The predicted octanol–water partition coefficient (Wildman–Crippen LogP) is 12.0. The predicted molar refractivity (Wildman–Crippen MR) is 183 cm³/mol. The second-order valence-electron chi connectivity index (χ2n) is 10.2. The van der Waals surface area contributed by atoms with Crippen LogP contribution in [0.3, 0.4) is 0 Å². The van der Waals surface area contributed by atoms with E-state index >= 15 is 0 Å². The van der Waals surface area contributed by atoms with E-state index in [1.54, 1.807) is 24.3 Å². The van der Waals surface area contributed by atoms with Gasteiger partial charge in [-0.15, -0.1) is 0 Å². The largest absolute Gasteiger partial charge is 0.456 e. The SMILES string of the molecule is [2H]c1cc2c(-c3cc([2H])c([2H])c([2H])c3)c3ccc(-c4cc([2H])c([2H])c5c([2H])c([2H])c([2H])cc45)cc3c(-c3cc([2H])c4oc5c([2H])c([2H])c([2H])c([2H])c5c4c3)c2cc1[2H]. The summed E-state index contributed by atoms with van der Waals surface area (Å²) >= 11 is 0. The molecule has 43 heavy (non-hydrogen) atoms. The summed E-state index contributed by atoms with van der Waals surface area (Å²) in [5.74, 6) is 0. The summed E-state index contributed by atoms with van der Waals surface area (Å²) in [6.07, 6.45) is 0. The van der Waals surface area contributed by atoms with Crippen LogP contribution in [0.15, 0.2) is 162 Å². The summed E-state index contributed by atoms with van der Waals surface area (Å²) in [6, 6.07) is 13.0. The molecule has 0 N–H and O–H groups in total. The molecule has 0 saturated carbocycles. The van der Waals surface area contributed by atoms with Crippen LogP contribution in [0, 0.1) is 0 Å². The first-order valence-corrected chi connectivity index (χ1v) is 13.5. The lowest BCUT2D eigenvalue weighted by molar-refractivity contribution is 0.669. The summed E-state index contributed by atoms with van der Waals surface area (Å²) in [5, 5.41) is 2.56. The van der Waals surface area contributed by atoms with Crippen LogP contribution in [-0.2, 0) is 0 Å². The van der Waals surface area contributed by atoms with E-state index in [9.17, 15) is 0 Å².